The first kappa shape index (κ1) is 25.7. The molecule has 1 aliphatic carbocycles. The van der Waals surface area contributed by atoms with Gasteiger partial charge in [0.25, 0.3) is 0 Å². The number of unbranched alkanes of at least 4 members (excludes halogenated alkanes) is 6. The van der Waals surface area contributed by atoms with Crippen molar-refractivity contribution in [2.75, 3.05) is 42.9 Å². The second kappa shape index (κ2) is 14.3. The number of fused-ring (bicyclic) bond motifs is 1. The quantitative estimate of drug-likeness (QED) is 0.271. The van der Waals surface area contributed by atoms with Crippen molar-refractivity contribution in [3.63, 3.8) is 0 Å². The van der Waals surface area contributed by atoms with Gasteiger partial charge in [0.15, 0.2) is 0 Å². The predicted octanol–water partition coefficient (Wildman–Crippen LogP) is 6.75. The monoisotopic (exact) mass is 469 g/mol. The molecule has 4 rings (SSSR count). The number of aromatic nitrogens is 2. The van der Waals surface area contributed by atoms with E-state index in [1.807, 2.05) is 0 Å². The zero-order chi connectivity index (χ0) is 23.4. The molecule has 1 N–H and O–H groups in total. The molecule has 2 fully saturated rings. The van der Waals surface area contributed by atoms with Crippen LogP contribution in [0.15, 0.2) is 0 Å². The van der Waals surface area contributed by atoms with E-state index in [9.17, 15) is 0 Å². The van der Waals surface area contributed by atoms with E-state index in [1.165, 1.54) is 133 Å². The summed E-state index contributed by atoms with van der Waals surface area (Å²) in [7, 11) is 0. The van der Waals surface area contributed by atoms with Crippen LogP contribution in [0.2, 0.25) is 0 Å². The predicted molar refractivity (Wildman–Crippen MR) is 145 cm³/mol. The second-order valence-corrected chi connectivity index (χ2v) is 11.1. The Morgan fingerprint density at radius 1 is 0.765 bits per heavy atom. The Labute approximate surface area is 209 Å². The summed E-state index contributed by atoms with van der Waals surface area (Å²) in [5.74, 6) is 2.16. The highest BCUT2D eigenvalue weighted by molar-refractivity contribution is 5.53. The molecule has 192 valence electrons. The van der Waals surface area contributed by atoms with Gasteiger partial charge in [0.2, 0.25) is 5.95 Å². The largest absolute Gasteiger partial charge is 0.356 e. The Balaban J connectivity index is 1.33. The smallest absolute Gasteiger partial charge is 0.224 e. The summed E-state index contributed by atoms with van der Waals surface area (Å²) in [6.45, 7) is 8.16. The molecule has 0 radical (unpaired) electrons. The summed E-state index contributed by atoms with van der Waals surface area (Å²) in [4.78, 5) is 15.6. The summed E-state index contributed by atoms with van der Waals surface area (Å²) in [6, 6.07) is 0.643. The van der Waals surface area contributed by atoms with Gasteiger partial charge in [-0.1, -0.05) is 64.7 Å². The summed E-state index contributed by atoms with van der Waals surface area (Å²) < 4.78 is 0. The van der Waals surface area contributed by atoms with Crippen molar-refractivity contribution in [3.05, 3.63) is 11.3 Å². The number of likely N-dealkylation sites (tertiary alicyclic amines) is 1. The fourth-order valence-corrected chi connectivity index (χ4v) is 6.28. The highest BCUT2D eigenvalue weighted by Gasteiger charge is 2.25. The van der Waals surface area contributed by atoms with Crippen molar-refractivity contribution < 1.29 is 0 Å². The fourth-order valence-electron chi connectivity index (χ4n) is 6.28. The third-order valence-corrected chi connectivity index (χ3v) is 8.36. The average Bonchev–Trinajstić information content (AvgIpc) is 3.03. The molecule has 34 heavy (non-hydrogen) atoms. The molecule has 0 aromatic carbocycles. The lowest BCUT2D eigenvalue weighted by molar-refractivity contribution is 0.256. The Kier molecular flexibility index (Phi) is 10.8. The molecular weight excluding hydrogens is 418 g/mol. The van der Waals surface area contributed by atoms with Gasteiger partial charge in [0.1, 0.15) is 5.82 Å². The molecule has 0 amide bonds. The number of hydrogen-bond acceptors (Lipinski definition) is 5. The highest BCUT2D eigenvalue weighted by atomic mass is 15.2. The summed E-state index contributed by atoms with van der Waals surface area (Å²) in [5, 5.41) is 3.72. The van der Waals surface area contributed by atoms with E-state index in [4.69, 9.17) is 9.97 Å². The molecule has 3 heterocycles. The lowest BCUT2D eigenvalue weighted by atomic mass is 10.1. The number of hydrogen-bond donors (Lipinski definition) is 1. The van der Waals surface area contributed by atoms with Crippen molar-refractivity contribution in [2.24, 2.45) is 0 Å². The fraction of sp³-hybridized carbons (Fsp3) is 0.862. The van der Waals surface area contributed by atoms with Crippen LogP contribution in [0.25, 0.3) is 0 Å². The van der Waals surface area contributed by atoms with Crippen LogP contribution in [0.3, 0.4) is 0 Å². The third-order valence-electron chi connectivity index (χ3n) is 8.36. The van der Waals surface area contributed by atoms with Crippen LogP contribution in [0.4, 0.5) is 11.8 Å². The number of nitrogens with one attached hydrogen (secondary N) is 1. The minimum atomic E-state index is 0.643. The van der Waals surface area contributed by atoms with E-state index < -0.39 is 0 Å². The van der Waals surface area contributed by atoms with Crippen LogP contribution >= 0.6 is 0 Å². The number of anilines is 2. The van der Waals surface area contributed by atoms with Gasteiger partial charge in [-0.05, 0) is 70.9 Å². The lowest BCUT2D eigenvalue weighted by Crippen LogP contribution is -2.36. The molecule has 3 aliphatic rings. The number of aryl methyl sites for hydroxylation is 1. The van der Waals surface area contributed by atoms with Gasteiger partial charge in [0.05, 0.1) is 5.69 Å². The molecule has 1 aromatic heterocycles. The van der Waals surface area contributed by atoms with Gasteiger partial charge in [-0.25, -0.2) is 4.98 Å². The van der Waals surface area contributed by atoms with Crippen LogP contribution in [-0.4, -0.2) is 53.6 Å². The SMILES string of the molecule is CCCCCCCCCN1CCCC1CNc1nc2c(c(N3CCCCCC3)n1)CCCCC2. The molecule has 0 spiro atoms. The maximum absolute atomic E-state index is 5.18. The van der Waals surface area contributed by atoms with E-state index >= 15 is 0 Å². The van der Waals surface area contributed by atoms with Crippen molar-refractivity contribution in [1.82, 2.24) is 14.9 Å². The van der Waals surface area contributed by atoms with Crippen LogP contribution in [-0.2, 0) is 12.8 Å². The number of rotatable bonds is 12. The molecule has 5 nitrogen and oxygen atoms in total. The zero-order valence-corrected chi connectivity index (χ0v) is 22.1. The maximum atomic E-state index is 5.18. The van der Waals surface area contributed by atoms with Crippen molar-refractivity contribution in [3.8, 4) is 0 Å². The highest BCUT2D eigenvalue weighted by Crippen LogP contribution is 2.30. The molecule has 1 aromatic rings. The van der Waals surface area contributed by atoms with Gasteiger partial charge in [-0.2, -0.15) is 4.98 Å². The standard InChI is InChI=1S/C29H51N5/c1-2-3-4-5-6-7-13-20-33-23-16-17-25(33)24-30-29-31-27-19-12-10-11-18-26(27)28(32-29)34-21-14-8-9-15-22-34/h25H,2-24H2,1H3,(H,30,31,32). The minimum Gasteiger partial charge on any atom is -0.356 e. The van der Waals surface area contributed by atoms with Crippen molar-refractivity contribution in [2.45, 2.75) is 129 Å². The third kappa shape index (κ3) is 7.57. The van der Waals surface area contributed by atoms with Gasteiger partial charge in [-0.15, -0.1) is 0 Å². The molecule has 0 saturated carbocycles. The molecule has 5 heteroatoms. The summed E-state index contributed by atoms with van der Waals surface area (Å²) in [5.41, 5.74) is 2.80. The minimum absolute atomic E-state index is 0.643. The molecule has 2 aliphatic heterocycles. The van der Waals surface area contributed by atoms with E-state index in [-0.39, 0.29) is 0 Å². The van der Waals surface area contributed by atoms with Crippen LogP contribution < -0.4 is 10.2 Å². The first-order valence-corrected chi connectivity index (χ1v) is 15.0. The Morgan fingerprint density at radius 3 is 2.32 bits per heavy atom. The van der Waals surface area contributed by atoms with Crippen molar-refractivity contribution >= 4 is 11.8 Å². The second-order valence-electron chi connectivity index (χ2n) is 11.1. The molecular formula is C29H51N5. The first-order chi connectivity index (χ1) is 16.8. The Hall–Kier alpha value is -1.36. The van der Waals surface area contributed by atoms with E-state index in [0.29, 0.717) is 6.04 Å². The van der Waals surface area contributed by atoms with E-state index in [2.05, 4.69) is 22.0 Å². The average molecular weight is 470 g/mol. The van der Waals surface area contributed by atoms with E-state index in [0.717, 1.165) is 38.4 Å². The molecule has 2 saturated heterocycles. The Bertz CT molecular complexity index is 713. The maximum Gasteiger partial charge on any atom is 0.224 e. The number of nitrogens with zero attached hydrogens (tertiary/aromatic N) is 4. The van der Waals surface area contributed by atoms with Crippen LogP contribution in [0, 0.1) is 0 Å². The topological polar surface area (TPSA) is 44.3 Å². The van der Waals surface area contributed by atoms with Gasteiger partial charge >= 0.3 is 0 Å². The molecule has 1 atom stereocenters. The zero-order valence-electron chi connectivity index (χ0n) is 22.1. The first-order valence-electron chi connectivity index (χ1n) is 15.0. The van der Waals surface area contributed by atoms with Crippen LogP contribution in [0.1, 0.15) is 121 Å². The summed E-state index contributed by atoms with van der Waals surface area (Å²) in [6.07, 6.45) is 23.9. The Morgan fingerprint density at radius 2 is 1.50 bits per heavy atom. The summed E-state index contributed by atoms with van der Waals surface area (Å²) >= 11 is 0. The van der Waals surface area contributed by atoms with E-state index in [1.54, 1.807) is 0 Å². The van der Waals surface area contributed by atoms with Crippen molar-refractivity contribution in [1.29, 1.82) is 0 Å². The molecule has 0 bridgehead atoms. The van der Waals surface area contributed by atoms with Crippen LogP contribution in [0.5, 0.6) is 0 Å². The van der Waals surface area contributed by atoms with Gasteiger partial charge in [0, 0.05) is 31.2 Å². The van der Waals surface area contributed by atoms with Gasteiger partial charge < -0.3 is 10.2 Å². The lowest BCUT2D eigenvalue weighted by Gasteiger charge is -2.27. The van der Waals surface area contributed by atoms with Gasteiger partial charge in [-0.3, -0.25) is 4.90 Å². The normalized spacial score (nSPS) is 21.8. The molecule has 1 unspecified atom stereocenters.